The minimum Gasteiger partial charge on any atom is -0.493 e. The fourth-order valence-corrected chi connectivity index (χ4v) is 3.36. The summed E-state index contributed by atoms with van der Waals surface area (Å²) in [6.45, 7) is 0.199. The molecule has 2 aliphatic rings. The molecule has 26 heavy (non-hydrogen) atoms. The summed E-state index contributed by atoms with van der Waals surface area (Å²) in [5.41, 5.74) is 10.1. The van der Waals surface area contributed by atoms with Gasteiger partial charge in [0, 0.05) is 6.04 Å². The van der Waals surface area contributed by atoms with E-state index >= 15 is 0 Å². The van der Waals surface area contributed by atoms with Gasteiger partial charge in [-0.2, -0.15) is 10.7 Å². The molecular formula is C17H27N5O4. The van der Waals surface area contributed by atoms with Gasteiger partial charge in [0.25, 0.3) is 0 Å². The first-order valence-electron chi connectivity index (χ1n) is 8.78. The second-order valence-corrected chi connectivity index (χ2v) is 6.41. The largest absolute Gasteiger partial charge is 0.493 e. The SMILES string of the molecule is COc1cc(C2NNN(CC(=O)NC3CCCC3)N2)cc(OC)c1OC. The number of amides is 1. The van der Waals surface area contributed by atoms with E-state index in [1.54, 1.807) is 26.4 Å². The second-order valence-electron chi connectivity index (χ2n) is 6.41. The van der Waals surface area contributed by atoms with Crippen molar-refractivity contribution in [3.05, 3.63) is 17.7 Å². The monoisotopic (exact) mass is 365 g/mol. The third-order valence-corrected chi connectivity index (χ3v) is 4.67. The molecule has 1 amide bonds. The summed E-state index contributed by atoms with van der Waals surface area (Å²) in [7, 11) is 4.72. The van der Waals surface area contributed by atoms with E-state index in [-0.39, 0.29) is 18.6 Å². The third kappa shape index (κ3) is 4.18. The van der Waals surface area contributed by atoms with Gasteiger partial charge in [0.1, 0.15) is 12.7 Å². The molecule has 1 saturated heterocycles. The fraction of sp³-hybridized carbons (Fsp3) is 0.588. The van der Waals surface area contributed by atoms with Gasteiger partial charge in [0.05, 0.1) is 21.3 Å². The van der Waals surface area contributed by atoms with Crippen LogP contribution in [0.3, 0.4) is 0 Å². The molecule has 1 aliphatic heterocycles. The maximum absolute atomic E-state index is 12.2. The van der Waals surface area contributed by atoms with Gasteiger partial charge < -0.3 is 19.5 Å². The van der Waals surface area contributed by atoms with Crippen molar-refractivity contribution in [1.29, 1.82) is 0 Å². The van der Waals surface area contributed by atoms with Crippen LogP contribution in [-0.4, -0.2) is 44.9 Å². The van der Waals surface area contributed by atoms with Gasteiger partial charge in [-0.15, -0.1) is 0 Å². The van der Waals surface area contributed by atoms with Crippen LogP contribution in [0.25, 0.3) is 0 Å². The van der Waals surface area contributed by atoms with E-state index in [9.17, 15) is 4.79 Å². The van der Waals surface area contributed by atoms with Crippen molar-refractivity contribution in [2.75, 3.05) is 27.9 Å². The first kappa shape index (κ1) is 18.7. The van der Waals surface area contributed by atoms with Gasteiger partial charge in [-0.25, -0.2) is 10.9 Å². The lowest BCUT2D eigenvalue weighted by molar-refractivity contribution is -0.124. The smallest absolute Gasteiger partial charge is 0.237 e. The summed E-state index contributed by atoms with van der Waals surface area (Å²) in [6.07, 6.45) is 4.27. The Kier molecular flexibility index (Phi) is 6.15. The number of ether oxygens (including phenoxy) is 3. The Morgan fingerprint density at radius 2 is 1.81 bits per heavy atom. The number of rotatable bonds is 7. The lowest BCUT2D eigenvalue weighted by atomic mass is 10.1. The van der Waals surface area contributed by atoms with Crippen molar-refractivity contribution in [1.82, 2.24) is 26.8 Å². The Bertz CT molecular complexity index is 611. The summed E-state index contributed by atoms with van der Waals surface area (Å²) in [5.74, 6) is 1.67. The highest BCUT2D eigenvalue weighted by Crippen LogP contribution is 2.39. The first-order valence-corrected chi connectivity index (χ1v) is 8.78. The van der Waals surface area contributed by atoms with Crippen molar-refractivity contribution < 1.29 is 19.0 Å². The van der Waals surface area contributed by atoms with Crippen LogP contribution >= 0.6 is 0 Å². The number of hydrogen-bond acceptors (Lipinski definition) is 8. The normalized spacial score (nSPS) is 21.0. The maximum Gasteiger partial charge on any atom is 0.237 e. The highest BCUT2D eigenvalue weighted by molar-refractivity contribution is 5.78. The standard InChI is InChI=1S/C17H27N5O4/c1-24-13-8-11(9-14(25-2)16(13)26-3)17-19-21-22(20-17)10-15(23)18-12-6-4-5-7-12/h8-9,12,17,19-21H,4-7,10H2,1-3H3,(H,18,23). The molecule has 0 bridgehead atoms. The third-order valence-electron chi connectivity index (χ3n) is 4.67. The number of hydrazine groups is 3. The zero-order chi connectivity index (χ0) is 18.5. The topological polar surface area (TPSA) is 96.1 Å². The zero-order valence-electron chi connectivity index (χ0n) is 15.4. The highest BCUT2D eigenvalue weighted by Gasteiger charge is 2.27. The minimum atomic E-state index is -0.247. The van der Waals surface area contributed by atoms with E-state index in [4.69, 9.17) is 14.2 Å². The average Bonchev–Trinajstić information content (AvgIpc) is 3.32. The molecule has 2 fully saturated rings. The summed E-state index contributed by atoms with van der Waals surface area (Å²) in [4.78, 5) is 12.2. The van der Waals surface area contributed by atoms with Crippen LogP contribution < -0.4 is 35.9 Å². The van der Waals surface area contributed by atoms with E-state index in [1.165, 1.54) is 12.8 Å². The lowest BCUT2D eigenvalue weighted by Gasteiger charge is -2.19. The van der Waals surface area contributed by atoms with Crippen LogP contribution in [0.15, 0.2) is 12.1 Å². The molecular weight excluding hydrogens is 338 g/mol. The van der Waals surface area contributed by atoms with Gasteiger partial charge in [-0.1, -0.05) is 12.8 Å². The number of hydrogen-bond donors (Lipinski definition) is 4. The van der Waals surface area contributed by atoms with Crippen LogP contribution in [0.1, 0.15) is 37.4 Å². The van der Waals surface area contributed by atoms with E-state index in [0.717, 1.165) is 18.4 Å². The molecule has 1 aromatic carbocycles. The van der Waals surface area contributed by atoms with Crippen molar-refractivity contribution in [2.24, 2.45) is 0 Å². The van der Waals surface area contributed by atoms with Crippen LogP contribution in [-0.2, 0) is 4.79 Å². The molecule has 1 aliphatic carbocycles. The Morgan fingerprint density at radius 3 is 2.38 bits per heavy atom. The van der Waals surface area contributed by atoms with Gasteiger partial charge in [0.2, 0.25) is 11.7 Å². The van der Waals surface area contributed by atoms with Crippen molar-refractivity contribution in [2.45, 2.75) is 37.9 Å². The fourth-order valence-electron chi connectivity index (χ4n) is 3.36. The molecule has 4 N–H and O–H groups in total. The predicted molar refractivity (Wildman–Crippen MR) is 95.4 cm³/mol. The number of carbonyl (C=O) groups excluding carboxylic acids is 1. The number of benzene rings is 1. The molecule has 9 nitrogen and oxygen atoms in total. The Hall–Kier alpha value is -2.07. The number of nitrogens with one attached hydrogen (secondary N) is 4. The number of methoxy groups -OCH3 is 3. The molecule has 9 heteroatoms. The summed E-state index contributed by atoms with van der Waals surface area (Å²) >= 11 is 0. The minimum absolute atomic E-state index is 0.00996. The Balaban J connectivity index is 1.62. The zero-order valence-corrected chi connectivity index (χ0v) is 15.4. The average molecular weight is 365 g/mol. The molecule has 1 aromatic rings. The molecule has 1 unspecified atom stereocenters. The second kappa shape index (κ2) is 8.54. The Morgan fingerprint density at radius 1 is 1.15 bits per heavy atom. The van der Waals surface area contributed by atoms with E-state index in [0.29, 0.717) is 23.3 Å². The van der Waals surface area contributed by atoms with E-state index in [2.05, 4.69) is 21.7 Å². The van der Waals surface area contributed by atoms with E-state index < -0.39 is 0 Å². The molecule has 0 radical (unpaired) electrons. The Labute approximate surface area is 153 Å². The molecule has 1 atom stereocenters. The van der Waals surface area contributed by atoms with Crippen LogP contribution in [0.2, 0.25) is 0 Å². The van der Waals surface area contributed by atoms with Gasteiger partial charge in [0.15, 0.2) is 11.5 Å². The quantitative estimate of drug-likeness (QED) is 0.558. The summed E-state index contributed by atoms with van der Waals surface area (Å²) < 4.78 is 16.1. The highest BCUT2D eigenvalue weighted by atomic mass is 16.5. The molecule has 0 aromatic heterocycles. The maximum atomic E-state index is 12.2. The van der Waals surface area contributed by atoms with Crippen molar-refractivity contribution >= 4 is 5.91 Å². The van der Waals surface area contributed by atoms with E-state index in [1.807, 2.05) is 12.1 Å². The molecule has 144 valence electrons. The van der Waals surface area contributed by atoms with Crippen LogP contribution in [0.4, 0.5) is 0 Å². The predicted octanol–water partition coefficient (Wildman–Crippen LogP) is 0.599. The van der Waals surface area contributed by atoms with Gasteiger partial charge in [-0.3, -0.25) is 4.79 Å². The van der Waals surface area contributed by atoms with Crippen molar-refractivity contribution in [3.8, 4) is 17.2 Å². The van der Waals surface area contributed by atoms with Crippen LogP contribution in [0.5, 0.6) is 17.2 Å². The first-order chi connectivity index (χ1) is 12.6. The molecule has 3 rings (SSSR count). The lowest BCUT2D eigenvalue weighted by Crippen LogP contribution is -2.48. The van der Waals surface area contributed by atoms with Crippen LogP contribution in [0, 0.1) is 0 Å². The van der Waals surface area contributed by atoms with Gasteiger partial charge >= 0.3 is 0 Å². The number of nitrogens with zero attached hydrogens (tertiary/aromatic N) is 1. The molecule has 1 saturated carbocycles. The summed E-state index contributed by atoms with van der Waals surface area (Å²) in [5, 5.41) is 4.69. The molecule has 1 heterocycles. The van der Waals surface area contributed by atoms with Crippen molar-refractivity contribution in [3.63, 3.8) is 0 Å². The number of carbonyl (C=O) groups is 1. The summed E-state index contributed by atoms with van der Waals surface area (Å²) in [6, 6.07) is 4.02. The van der Waals surface area contributed by atoms with Gasteiger partial charge in [-0.05, 0) is 30.5 Å². The molecule has 0 spiro atoms.